The van der Waals surface area contributed by atoms with E-state index in [0.717, 1.165) is 16.9 Å². The second kappa shape index (κ2) is 8.57. The quantitative estimate of drug-likeness (QED) is 0.799. The zero-order chi connectivity index (χ0) is 17.4. The fourth-order valence-corrected chi connectivity index (χ4v) is 2.05. The molecule has 0 unspecified atom stereocenters. The van der Waals surface area contributed by atoms with Gasteiger partial charge in [-0.25, -0.2) is 9.59 Å². The number of benzene rings is 2. The Kier molecular flexibility index (Phi) is 6.19. The van der Waals surface area contributed by atoms with E-state index in [1.165, 1.54) is 7.11 Å². The fourth-order valence-electron chi connectivity index (χ4n) is 2.05. The molecule has 0 radical (unpaired) electrons. The molecule has 0 saturated carbocycles. The lowest BCUT2D eigenvalue weighted by atomic mass is 10.1. The first kappa shape index (κ1) is 17.3. The summed E-state index contributed by atoms with van der Waals surface area (Å²) in [6, 6.07) is 14.1. The molecule has 0 aliphatic rings. The van der Waals surface area contributed by atoms with E-state index >= 15 is 0 Å². The number of esters is 1. The number of ether oxygens (including phenoxy) is 2. The molecule has 2 aromatic rings. The molecule has 0 aliphatic heterocycles. The Labute approximate surface area is 140 Å². The van der Waals surface area contributed by atoms with Gasteiger partial charge in [-0.05, 0) is 35.4 Å². The lowest BCUT2D eigenvalue weighted by molar-refractivity contribution is 0.0600. The summed E-state index contributed by atoms with van der Waals surface area (Å²) in [5, 5.41) is 5.54. The van der Waals surface area contributed by atoms with Crippen LogP contribution < -0.4 is 15.4 Å². The topological polar surface area (TPSA) is 76.7 Å². The van der Waals surface area contributed by atoms with Crippen molar-refractivity contribution in [3.05, 3.63) is 65.2 Å². The van der Waals surface area contributed by atoms with Gasteiger partial charge in [-0.1, -0.05) is 24.3 Å². The van der Waals surface area contributed by atoms with Crippen LogP contribution in [0.3, 0.4) is 0 Å². The Balaban J connectivity index is 1.77. The molecule has 0 fully saturated rings. The van der Waals surface area contributed by atoms with Crippen LogP contribution in [0.5, 0.6) is 5.75 Å². The third kappa shape index (κ3) is 5.01. The van der Waals surface area contributed by atoms with E-state index in [2.05, 4.69) is 15.4 Å². The Morgan fingerprint density at radius 3 is 1.79 bits per heavy atom. The molecule has 0 atom stereocenters. The number of hydrogen-bond donors (Lipinski definition) is 2. The second-order valence-corrected chi connectivity index (χ2v) is 5.07. The van der Waals surface area contributed by atoms with Crippen molar-refractivity contribution in [1.82, 2.24) is 10.6 Å². The Bertz CT molecular complexity index is 681. The Morgan fingerprint density at radius 2 is 1.33 bits per heavy atom. The number of methoxy groups -OCH3 is 2. The maximum absolute atomic E-state index is 11.8. The summed E-state index contributed by atoms with van der Waals surface area (Å²) < 4.78 is 9.72. The number of carbonyl (C=O) groups is 2. The van der Waals surface area contributed by atoms with Gasteiger partial charge >= 0.3 is 12.0 Å². The largest absolute Gasteiger partial charge is 0.497 e. The minimum absolute atomic E-state index is 0.261. The highest BCUT2D eigenvalue weighted by Gasteiger charge is 2.05. The van der Waals surface area contributed by atoms with Crippen molar-refractivity contribution in [2.24, 2.45) is 0 Å². The van der Waals surface area contributed by atoms with Crippen molar-refractivity contribution >= 4 is 12.0 Å². The zero-order valence-electron chi connectivity index (χ0n) is 13.7. The van der Waals surface area contributed by atoms with E-state index in [4.69, 9.17) is 4.74 Å². The lowest BCUT2D eigenvalue weighted by Crippen LogP contribution is -2.34. The first-order valence-electron chi connectivity index (χ1n) is 7.44. The third-order valence-electron chi connectivity index (χ3n) is 3.44. The van der Waals surface area contributed by atoms with Crippen LogP contribution in [0.25, 0.3) is 0 Å². The Hall–Kier alpha value is -3.02. The van der Waals surface area contributed by atoms with Gasteiger partial charge in [0.15, 0.2) is 0 Å². The Morgan fingerprint density at radius 1 is 0.833 bits per heavy atom. The van der Waals surface area contributed by atoms with E-state index in [-0.39, 0.29) is 12.0 Å². The average molecular weight is 328 g/mol. The predicted octanol–water partition coefficient (Wildman–Crippen LogP) is 2.48. The highest BCUT2D eigenvalue weighted by molar-refractivity contribution is 5.89. The maximum atomic E-state index is 11.8. The van der Waals surface area contributed by atoms with Gasteiger partial charge in [0.1, 0.15) is 5.75 Å². The number of rotatable bonds is 6. The monoisotopic (exact) mass is 328 g/mol. The fraction of sp³-hybridized carbons (Fsp3) is 0.222. The van der Waals surface area contributed by atoms with E-state index < -0.39 is 0 Å². The number of amides is 2. The van der Waals surface area contributed by atoms with E-state index in [1.807, 2.05) is 24.3 Å². The minimum Gasteiger partial charge on any atom is -0.497 e. The van der Waals surface area contributed by atoms with E-state index in [9.17, 15) is 9.59 Å². The van der Waals surface area contributed by atoms with Gasteiger partial charge in [0.2, 0.25) is 0 Å². The van der Waals surface area contributed by atoms with Crippen molar-refractivity contribution < 1.29 is 19.1 Å². The summed E-state index contributed by atoms with van der Waals surface area (Å²) in [5.74, 6) is 0.394. The average Bonchev–Trinajstić information content (AvgIpc) is 2.64. The molecule has 126 valence electrons. The van der Waals surface area contributed by atoms with Crippen LogP contribution in [0.15, 0.2) is 48.5 Å². The summed E-state index contributed by atoms with van der Waals surface area (Å²) >= 11 is 0. The maximum Gasteiger partial charge on any atom is 0.337 e. The van der Waals surface area contributed by atoms with Gasteiger partial charge in [0.25, 0.3) is 0 Å². The normalized spacial score (nSPS) is 9.92. The molecule has 2 rings (SSSR count). The molecule has 2 amide bonds. The van der Waals surface area contributed by atoms with Crippen molar-refractivity contribution in [2.75, 3.05) is 14.2 Å². The predicted molar refractivity (Wildman–Crippen MR) is 89.9 cm³/mol. The molecule has 2 aromatic carbocycles. The van der Waals surface area contributed by atoms with Crippen LogP contribution in [-0.2, 0) is 17.8 Å². The van der Waals surface area contributed by atoms with Gasteiger partial charge in [-0.15, -0.1) is 0 Å². The van der Waals surface area contributed by atoms with Crippen molar-refractivity contribution in [2.45, 2.75) is 13.1 Å². The molecular formula is C18H20N2O4. The van der Waals surface area contributed by atoms with Crippen LogP contribution in [-0.4, -0.2) is 26.2 Å². The summed E-state index contributed by atoms with van der Waals surface area (Å²) in [6.07, 6.45) is 0. The second-order valence-electron chi connectivity index (χ2n) is 5.07. The number of hydrogen-bond acceptors (Lipinski definition) is 4. The number of carbonyl (C=O) groups excluding carboxylic acids is 2. The van der Waals surface area contributed by atoms with E-state index in [1.54, 1.807) is 31.4 Å². The highest BCUT2D eigenvalue weighted by atomic mass is 16.5. The third-order valence-corrected chi connectivity index (χ3v) is 3.44. The molecule has 0 heterocycles. The van der Waals surface area contributed by atoms with Gasteiger partial charge in [0.05, 0.1) is 19.8 Å². The standard InChI is InChI=1S/C18H20N2O4/c1-23-16-9-5-14(6-10-16)12-20-18(22)19-11-13-3-7-15(8-4-13)17(21)24-2/h3-10H,11-12H2,1-2H3,(H2,19,20,22). The van der Waals surface area contributed by atoms with Crippen LogP contribution in [0.1, 0.15) is 21.5 Å². The molecule has 0 aromatic heterocycles. The molecule has 0 spiro atoms. The van der Waals surface area contributed by atoms with Crippen LogP contribution in [0.4, 0.5) is 4.79 Å². The molecule has 0 saturated heterocycles. The van der Waals surface area contributed by atoms with Gasteiger partial charge in [-0.3, -0.25) is 0 Å². The van der Waals surface area contributed by atoms with Crippen molar-refractivity contribution in [1.29, 1.82) is 0 Å². The number of nitrogens with one attached hydrogen (secondary N) is 2. The molecule has 6 nitrogen and oxygen atoms in total. The zero-order valence-corrected chi connectivity index (χ0v) is 13.7. The molecule has 6 heteroatoms. The molecular weight excluding hydrogens is 308 g/mol. The van der Waals surface area contributed by atoms with Gasteiger partial charge in [0, 0.05) is 13.1 Å². The smallest absolute Gasteiger partial charge is 0.337 e. The molecule has 2 N–H and O–H groups in total. The molecule has 24 heavy (non-hydrogen) atoms. The van der Waals surface area contributed by atoms with Crippen molar-refractivity contribution in [3.63, 3.8) is 0 Å². The summed E-state index contributed by atoms with van der Waals surface area (Å²) in [4.78, 5) is 23.2. The van der Waals surface area contributed by atoms with Crippen LogP contribution in [0.2, 0.25) is 0 Å². The summed E-state index contributed by atoms with van der Waals surface area (Å²) in [7, 11) is 2.95. The number of urea groups is 1. The first-order valence-corrected chi connectivity index (χ1v) is 7.44. The van der Waals surface area contributed by atoms with Crippen molar-refractivity contribution in [3.8, 4) is 5.75 Å². The first-order chi connectivity index (χ1) is 11.6. The van der Waals surface area contributed by atoms with Gasteiger partial charge in [-0.2, -0.15) is 0 Å². The minimum atomic E-state index is -0.383. The SMILES string of the molecule is COC(=O)c1ccc(CNC(=O)NCc2ccc(OC)cc2)cc1. The van der Waals surface area contributed by atoms with Crippen LogP contribution in [0, 0.1) is 0 Å². The summed E-state index contributed by atoms with van der Waals surface area (Å²) in [6.45, 7) is 0.799. The van der Waals surface area contributed by atoms with Crippen LogP contribution >= 0.6 is 0 Å². The molecule has 0 bridgehead atoms. The van der Waals surface area contributed by atoms with E-state index in [0.29, 0.717) is 18.7 Å². The summed E-state index contributed by atoms with van der Waals surface area (Å²) in [5.41, 5.74) is 2.35. The highest BCUT2D eigenvalue weighted by Crippen LogP contribution is 2.11. The molecule has 0 aliphatic carbocycles. The lowest BCUT2D eigenvalue weighted by Gasteiger charge is -2.09. The van der Waals surface area contributed by atoms with Gasteiger partial charge < -0.3 is 20.1 Å².